The van der Waals surface area contributed by atoms with Crippen molar-refractivity contribution in [3.63, 3.8) is 0 Å². The highest BCUT2D eigenvalue weighted by Gasteiger charge is 2.32. The Labute approximate surface area is 251 Å². The van der Waals surface area contributed by atoms with Crippen LogP contribution in [-0.2, 0) is 11.8 Å². The highest BCUT2D eigenvalue weighted by Crippen LogP contribution is 2.46. The summed E-state index contributed by atoms with van der Waals surface area (Å²) < 4.78 is 2.24. The zero-order chi connectivity index (χ0) is 28.5. The molecular weight excluding hydrogens is 565 g/mol. The van der Waals surface area contributed by atoms with Gasteiger partial charge in [-0.3, -0.25) is 9.38 Å². The van der Waals surface area contributed by atoms with Crippen LogP contribution in [0.2, 0.25) is 0 Å². The van der Waals surface area contributed by atoms with Crippen molar-refractivity contribution in [1.29, 1.82) is 0 Å². The number of para-hydroxylation sites is 4. The first-order valence-corrected chi connectivity index (χ1v) is 16.9. The summed E-state index contributed by atoms with van der Waals surface area (Å²) in [4.78, 5) is 20.1. The highest BCUT2D eigenvalue weighted by atomic mass is 32.4. The molecule has 0 fully saturated rings. The van der Waals surface area contributed by atoms with Gasteiger partial charge in [0.2, 0.25) is 0 Å². The molecule has 0 bridgehead atoms. The molecule has 1 unspecified atom stereocenters. The van der Waals surface area contributed by atoms with Crippen molar-refractivity contribution in [2.75, 3.05) is 0 Å². The van der Waals surface area contributed by atoms with Crippen LogP contribution in [0.25, 0.3) is 60.0 Å². The van der Waals surface area contributed by atoms with Crippen LogP contribution in [0.5, 0.6) is 0 Å². The minimum absolute atomic E-state index is 0.656. The van der Waals surface area contributed by atoms with Crippen molar-refractivity contribution in [2.45, 2.75) is 0 Å². The van der Waals surface area contributed by atoms with E-state index in [0.29, 0.717) is 5.57 Å². The molecular formula is C36H22N5PS. The largest absolute Gasteiger partial charge is 0.292 e. The number of hydrogen-bond acceptors (Lipinski definition) is 5. The van der Waals surface area contributed by atoms with E-state index in [-0.39, 0.29) is 0 Å². The van der Waals surface area contributed by atoms with Crippen LogP contribution in [0.15, 0.2) is 134 Å². The van der Waals surface area contributed by atoms with E-state index in [9.17, 15) is 0 Å². The first-order valence-electron chi connectivity index (χ1n) is 14.1. The van der Waals surface area contributed by atoms with Crippen molar-refractivity contribution in [3.05, 3.63) is 134 Å². The van der Waals surface area contributed by atoms with Crippen molar-refractivity contribution >= 4 is 94.1 Å². The molecule has 0 aliphatic heterocycles. The topological polar surface area (TPSA) is 56.0 Å². The molecule has 9 aromatic rings. The van der Waals surface area contributed by atoms with E-state index in [4.69, 9.17) is 31.7 Å². The van der Waals surface area contributed by atoms with Crippen molar-refractivity contribution in [3.8, 4) is 0 Å². The first kappa shape index (κ1) is 24.6. The normalized spacial score (nSPS) is 13.4. The lowest BCUT2D eigenvalue weighted by Gasteiger charge is -2.24. The maximum atomic E-state index is 6.92. The van der Waals surface area contributed by atoms with E-state index < -0.39 is 6.04 Å². The Hall–Kier alpha value is -5.03. The van der Waals surface area contributed by atoms with Crippen LogP contribution >= 0.6 is 6.04 Å². The molecule has 0 spiro atoms. The average Bonchev–Trinajstić information content (AvgIpc) is 3.47. The van der Waals surface area contributed by atoms with Crippen LogP contribution < -0.4 is 16.2 Å². The van der Waals surface area contributed by atoms with E-state index >= 15 is 0 Å². The lowest BCUT2D eigenvalue weighted by atomic mass is 10.1. The zero-order valence-corrected chi connectivity index (χ0v) is 24.5. The van der Waals surface area contributed by atoms with Crippen LogP contribution in [0.3, 0.4) is 0 Å². The third-order valence-corrected chi connectivity index (χ3v) is 12.8. The Balaban J connectivity index is 1.47. The summed E-state index contributed by atoms with van der Waals surface area (Å²) in [5, 5.41) is 8.40. The fourth-order valence-electron chi connectivity index (χ4n) is 6.32. The van der Waals surface area contributed by atoms with E-state index in [2.05, 4.69) is 89.3 Å². The maximum Gasteiger partial charge on any atom is 0.169 e. The molecule has 0 amide bonds. The van der Waals surface area contributed by atoms with Gasteiger partial charge >= 0.3 is 0 Å². The summed E-state index contributed by atoms with van der Waals surface area (Å²) in [6, 6.07) is 36.9. The molecule has 1 atom stereocenters. The Bertz CT molecular complexity index is 2540. The van der Waals surface area contributed by atoms with Crippen molar-refractivity contribution < 1.29 is 0 Å². The number of aromatic nitrogens is 5. The third-order valence-electron chi connectivity index (χ3n) is 8.34. The van der Waals surface area contributed by atoms with Gasteiger partial charge in [0.25, 0.3) is 0 Å². The monoisotopic (exact) mass is 587 g/mol. The fourth-order valence-corrected chi connectivity index (χ4v) is 9.92. The number of nitrogens with zero attached hydrogens (tertiary/aromatic N) is 5. The third kappa shape index (κ3) is 3.54. The zero-order valence-electron chi connectivity index (χ0n) is 22.8. The van der Waals surface area contributed by atoms with Gasteiger partial charge in [-0.1, -0.05) is 96.7 Å². The quantitative estimate of drug-likeness (QED) is 0.164. The number of hydrogen-bond donors (Lipinski definition) is 0. The Kier molecular flexibility index (Phi) is 5.27. The Morgan fingerprint density at radius 3 is 2.19 bits per heavy atom. The predicted octanol–water partition coefficient (Wildman–Crippen LogP) is 7.04. The molecule has 0 saturated heterocycles. The lowest BCUT2D eigenvalue weighted by Crippen LogP contribution is -2.30. The molecule has 5 aromatic carbocycles. The summed E-state index contributed by atoms with van der Waals surface area (Å²) in [6.07, 6.45) is 5.77. The number of benzene rings is 5. The van der Waals surface area contributed by atoms with Gasteiger partial charge in [-0.25, -0.2) is 15.0 Å². The molecule has 0 saturated carbocycles. The summed E-state index contributed by atoms with van der Waals surface area (Å²) in [5.74, 6) is 0. The summed E-state index contributed by atoms with van der Waals surface area (Å²) in [5.41, 5.74) is 5.48. The molecule has 9 rings (SSSR count). The molecule has 4 aromatic heterocycles. The summed E-state index contributed by atoms with van der Waals surface area (Å²) in [6.45, 7) is 0. The lowest BCUT2D eigenvalue weighted by molar-refractivity contribution is 1.29. The van der Waals surface area contributed by atoms with Crippen LogP contribution in [0, 0.1) is 0 Å². The number of fused-ring (bicyclic) bond motifs is 10. The number of pyridine rings is 2. The van der Waals surface area contributed by atoms with E-state index in [1.54, 1.807) is 0 Å². The van der Waals surface area contributed by atoms with Crippen LogP contribution in [-0.4, -0.2) is 24.3 Å². The Morgan fingerprint density at radius 2 is 1.30 bits per heavy atom. The maximum absolute atomic E-state index is 6.92. The van der Waals surface area contributed by atoms with Gasteiger partial charge in [0.15, 0.2) is 5.57 Å². The number of imidazole rings is 1. The fraction of sp³-hybridized carbons (Fsp3) is 0. The summed E-state index contributed by atoms with van der Waals surface area (Å²) >= 11 is 6.92. The van der Waals surface area contributed by atoms with Gasteiger partial charge in [-0.15, -0.1) is 0 Å². The second kappa shape index (κ2) is 9.23. The van der Waals surface area contributed by atoms with Crippen LogP contribution in [0.4, 0.5) is 0 Å². The van der Waals surface area contributed by atoms with Gasteiger partial charge in [0.1, 0.15) is 5.65 Å². The molecule has 5 nitrogen and oxygen atoms in total. The van der Waals surface area contributed by atoms with Gasteiger partial charge in [0.05, 0.1) is 28.1 Å². The highest BCUT2D eigenvalue weighted by molar-refractivity contribution is 8.25. The SMILES string of the molecule is S=P(c1ccc2ccccc2c1)(c1ncc2ccccc2n1)c1cncc2c1c1ccccc1n1c3ccccc3nc21. The van der Waals surface area contributed by atoms with Crippen molar-refractivity contribution in [1.82, 2.24) is 24.3 Å². The molecule has 7 heteroatoms. The molecule has 0 N–H and O–H groups in total. The van der Waals surface area contributed by atoms with Gasteiger partial charge < -0.3 is 0 Å². The second-order valence-electron chi connectivity index (χ2n) is 10.7. The number of rotatable bonds is 3. The first-order chi connectivity index (χ1) is 21.2. The Morgan fingerprint density at radius 1 is 0.581 bits per heavy atom. The van der Waals surface area contributed by atoms with Gasteiger partial charge in [-0.05, 0) is 46.4 Å². The molecule has 0 aliphatic carbocycles. The van der Waals surface area contributed by atoms with E-state index in [1.165, 1.54) is 5.39 Å². The van der Waals surface area contributed by atoms with Gasteiger partial charge in [-0.2, -0.15) is 0 Å². The second-order valence-corrected chi connectivity index (χ2v) is 15.0. The average molecular weight is 588 g/mol. The van der Waals surface area contributed by atoms with Crippen LogP contribution in [0.1, 0.15) is 0 Å². The minimum Gasteiger partial charge on any atom is -0.292 e. The molecule has 0 aliphatic rings. The van der Waals surface area contributed by atoms with E-state index in [0.717, 1.165) is 65.3 Å². The van der Waals surface area contributed by atoms with Crippen molar-refractivity contribution in [2.24, 2.45) is 0 Å². The molecule has 0 radical (unpaired) electrons. The minimum atomic E-state index is -2.84. The van der Waals surface area contributed by atoms with Gasteiger partial charge in [0, 0.05) is 45.4 Å². The standard InChI is InChI=1S/C36H22N5PS/c43-42(26-18-17-23-9-1-2-10-24(23)19-26,36-38-20-25-11-3-5-13-29(25)40-36)33-22-37-21-28-34(33)27-12-4-7-15-31(27)41-32-16-8-6-14-30(32)39-35(28)41/h1-22H. The predicted molar refractivity (Wildman–Crippen MR) is 182 cm³/mol. The molecule has 202 valence electrons. The molecule has 4 heterocycles. The molecule has 43 heavy (non-hydrogen) atoms. The van der Waals surface area contributed by atoms with E-state index in [1.807, 2.05) is 48.9 Å². The summed E-state index contributed by atoms with van der Waals surface area (Å²) in [7, 11) is 0. The smallest absolute Gasteiger partial charge is 0.169 e.